The number of thiazole rings is 1. The van der Waals surface area contributed by atoms with Crippen LogP contribution in [0.4, 0.5) is 5.13 Å². The number of aromatic nitrogens is 1. The minimum atomic E-state index is -0.283. The van der Waals surface area contributed by atoms with Crippen LogP contribution in [0.25, 0.3) is 10.2 Å². The first kappa shape index (κ1) is 20.1. The van der Waals surface area contributed by atoms with Crippen LogP contribution in [0.15, 0.2) is 12.1 Å². The van der Waals surface area contributed by atoms with Gasteiger partial charge in [0, 0.05) is 39.8 Å². The molecule has 0 saturated carbocycles. The molecule has 2 aromatic rings. The van der Waals surface area contributed by atoms with Crippen LogP contribution in [0.1, 0.15) is 24.0 Å². The Kier molecular flexibility index (Phi) is 5.74. The second-order valence-electron chi connectivity index (χ2n) is 7.94. The number of fused-ring (bicyclic) bond motifs is 1. The van der Waals surface area contributed by atoms with Crippen LogP contribution in [0, 0.1) is 13.8 Å². The van der Waals surface area contributed by atoms with Gasteiger partial charge in [-0.1, -0.05) is 23.5 Å². The summed E-state index contributed by atoms with van der Waals surface area (Å²) in [6, 6.07) is 4.20. The first-order valence-electron chi connectivity index (χ1n) is 10.2. The van der Waals surface area contributed by atoms with Crippen LogP contribution in [-0.2, 0) is 14.3 Å². The Morgan fingerprint density at radius 2 is 1.86 bits per heavy atom. The number of piperazine rings is 1. The first-order chi connectivity index (χ1) is 13.9. The summed E-state index contributed by atoms with van der Waals surface area (Å²) in [5, 5.41) is 0.859. The van der Waals surface area contributed by atoms with E-state index in [4.69, 9.17) is 9.72 Å². The van der Waals surface area contributed by atoms with Crippen molar-refractivity contribution in [1.82, 2.24) is 14.8 Å². The van der Waals surface area contributed by atoms with Crippen molar-refractivity contribution >= 4 is 38.5 Å². The molecule has 0 radical (unpaired) electrons. The fourth-order valence-corrected chi connectivity index (χ4v) is 5.01. The van der Waals surface area contributed by atoms with Gasteiger partial charge in [-0.05, 0) is 37.8 Å². The van der Waals surface area contributed by atoms with E-state index in [0.29, 0.717) is 32.8 Å². The van der Waals surface area contributed by atoms with Crippen LogP contribution in [-0.4, -0.2) is 79.1 Å². The molecule has 2 aliphatic rings. The zero-order valence-electron chi connectivity index (χ0n) is 17.3. The topological polar surface area (TPSA) is 66.0 Å². The summed E-state index contributed by atoms with van der Waals surface area (Å²) in [5.74, 6) is 0.149. The van der Waals surface area contributed by atoms with Gasteiger partial charge in [0.2, 0.25) is 5.91 Å². The number of nitrogens with zero attached hydrogens (tertiary/aromatic N) is 4. The van der Waals surface area contributed by atoms with E-state index in [2.05, 4.69) is 26.0 Å². The van der Waals surface area contributed by atoms with Crippen LogP contribution in [0.5, 0.6) is 0 Å². The minimum Gasteiger partial charge on any atom is -0.368 e. The van der Waals surface area contributed by atoms with E-state index in [0.717, 1.165) is 29.1 Å². The van der Waals surface area contributed by atoms with Gasteiger partial charge in [-0.15, -0.1) is 0 Å². The van der Waals surface area contributed by atoms with E-state index in [1.807, 2.05) is 21.7 Å². The second-order valence-corrected chi connectivity index (χ2v) is 8.91. The number of rotatable bonds is 4. The van der Waals surface area contributed by atoms with Gasteiger partial charge in [0.1, 0.15) is 6.10 Å². The third kappa shape index (κ3) is 4.09. The highest BCUT2D eigenvalue weighted by Gasteiger charge is 2.31. The summed E-state index contributed by atoms with van der Waals surface area (Å²) in [5.41, 5.74) is 3.38. The molecule has 2 amide bonds. The first-order valence-corrected chi connectivity index (χ1v) is 11.0. The van der Waals surface area contributed by atoms with Crippen LogP contribution >= 0.6 is 11.3 Å². The standard InChI is InChI=1S/C21H28N4O3S/c1-14-6-7-15(2)19-18(14)22-21(29-19)23(3)13-17(26)24-8-10-25(11-9-24)20(27)16-5-4-12-28-16/h6-7,16H,4-5,8-13H2,1-3H3/t16-/m0/s1. The maximum absolute atomic E-state index is 12.8. The van der Waals surface area contributed by atoms with Gasteiger partial charge in [-0.25, -0.2) is 4.98 Å². The lowest BCUT2D eigenvalue weighted by molar-refractivity contribution is -0.145. The number of hydrogen-bond donors (Lipinski definition) is 0. The number of ether oxygens (including phenoxy) is 1. The minimum absolute atomic E-state index is 0.0735. The Labute approximate surface area is 175 Å². The molecule has 4 rings (SSSR count). The molecule has 2 saturated heterocycles. The van der Waals surface area contributed by atoms with Crippen molar-refractivity contribution in [3.05, 3.63) is 23.3 Å². The number of amides is 2. The lowest BCUT2D eigenvalue weighted by Gasteiger charge is -2.36. The van der Waals surface area contributed by atoms with Crippen molar-refractivity contribution in [3.8, 4) is 0 Å². The van der Waals surface area contributed by atoms with Gasteiger partial charge in [0.15, 0.2) is 5.13 Å². The molecule has 2 aliphatic heterocycles. The van der Waals surface area contributed by atoms with Crippen molar-refractivity contribution in [2.45, 2.75) is 32.8 Å². The quantitative estimate of drug-likeness (QED) is 0.765. The van der Waals surface area contributed by atoms with Gasteiger partial charge >= 0.3 is 0 Å². The highest BCUT2D eigenvalue weighted by Crippen LogP contribution is 2.32. The molecule has 0 bridgehead atoms. The third-order valence-corrected chi connectivity index (χ3v) is 7.08. The average molecular weight is 417 g/mol. The molecule has 0 N–H and O–H groups in total. The Balaban J connectivity index is 1.34. The lowest BCUT2D eigenvalue weighted by Crippen LogP contribution is -2.54. The zero-order chi connectivity index (χ0) is 20.5. The molecule has 1 aromatic heterocycles. The number of benzene rings is 1. The molecule has 0 aliphatic carbocycles. The number of aryl methyl sites for hydroxylation is 2. The molecule has 0 spiro atoms. The maximum atomic E-state index is 12.8. The van der Waals surface area contributed by atoms with Gasteiger partial charge in [-0.3, -0.25) is 9.59 Å². The van der Waals surface area contributed by atoms with Crippen molar-refractivity contribution in [2.75, 3.05) is 51.3 Å². The number of carbonyl (C=O) groups excluding carboxylic acids is 2. The number of hydrogen-bond acceptors (Lipinski definition) is 6. The number of carbonyl (C=O) groups is 2. The molecule has 1 atom stereocenters. The molecule has 2 fully saturated rings. The Morgan fingerprint density at radius 1 is 1.17 bits per heavy atom. The van der Waals surface area contributed by atoms with Crippen LogP contribution in [0.3, 0.4) is 0 Å². The predicted octanol–water partition coefficient (Wildman–Crippen LogP) is 2.20. The summed E-state index contributed by atoms with van der Waals surface area (Å²) in [6.07, 6.45) is 1.48. The zero-order valence-corrected chi connectivity index (χ0v) is 18.1. The summed E-state index contributed by atoms with van der Waals surface area (Å²) >= 11 is 1.63. The summed E-state index contributed by atoms with van der Waals surface area (Å²) in [4.78, 5) is 35.6. The van der Waals surface area contributed by atoms with E-state index in [1.54, 1.807) is 11.3 Å². The Bertz CT molecular complexity index is 875. The van der Waals surface area contributed by atoms with Crippen molar-refractivity contribution < 1.29 is 14.3 Å². The highest BCUT2D eigenvalue weighted by atomic mass is 32.1. The smallest absolute Gasteiger partial charge is 0.251 e. The molecule has 8 heteroatoms. The molecule has 156 valence electrons. The van der Waals surface area contributed by atoms with Gasteiger partial charge in [-0.2, -0.15) is 0 Å². The summed E-state index contributed by atoms with van der Waals surface area (Å²) in [6.45, 7) is 7.41. The van der Waals surface area contributed by atoms with E-state index in [1.165, 1.54) is 10.3 Å². The van der Waals surface area contributed by atoms with Gasteiger partial charge < -0.3 is 19.4 Å². The van der Waals surface area contributed by atoms with Crippen molar-refractivity contribution in [2.24, 2.45) is 0 Å². The second kappa shape index (κ2) is 8.28. The predicted molar refractivity (Wildman–Crippen MR) is 114 cm³/mol. The lowest BCUT2D eigenvalue weighted by atomic mass is 10.1. The monoisotopic (exact) mass is 416 g/mol. The van der Waals surface area contributed by atoms with E-state index in [-0.39, 0.29) is 24.5 Å². The van der Waals surface area contributed by atoms with Crippen LogP contribution < -0.4 is 4.90 Å². The molecule has 0 unspecified atom stereocenters. The molecule has 7 nitrogen and oxygen atoms in total. The molecule has 29 heavy (non-hydrogen) atoms. The van der Waals surface area contributed by atoms with E-state index < -0.39 is 0 Å². The van der Waals surface area contributed by atoms with Crippen molar-refractivity contribution in [1.29, 1.82) is 0 Å². The Morgan fingerprint density at radius 3 is 2.52 bits per heavy atom. The SMILES string of the molecule is Cc1ccc(C)c2sc(N(C)CC(=O)N3CCN(C(=O)[C@@H]4CCCO4)CC3)nc12. The summed E-state index contributed by atoms with van der Waals surface area (Å²) < 4.78 is 6.68. The van der Waals surface area contributed by atoms with E-state index >= 15 is 0 Å². The molecular formula is C21H28N4O3S. The largest absolute Gasteiger partial charge is 0.368 e. The van der Waals surface area contributed by atoms with E-state index in [9.17, 15) is 9.59 Å². The maximum Gasteiger partial charge on any atom is 0.251 e. The van der Waals surface area contributed by atoms with Gasteiger partial charge in [0.05, 0.1) is 16.8 Å². The Hall–Kier alpha value is -2.19. The molecular weight excluding hydrogens is 388 g/mol. The molecule has 3 heterocycles. The third-order valence-electron chi connectivity index (χ3n) is 5.78. The molecule has 1 aromatic carbocycles. The number of likely N-dealkylation sites (N-methyl/N-ethyl adjacent to an activating group) is 1. The van der Waals surface area contributed by atoms with Crippen molar-refractivity contribution in [3.63, 3.8) is 0 Å². The number of anilines is 1. The fourth-order valence-electron chi connectivity index (χ4n) is 3.93. The average Bonchev–Trinajstić information content (AvgIpc) is 3.41. The summed E-state index contributed by atoms with van der Waals surface area (Å²) in [7, 11) is 1.91. The van der Waals surface area contributed by atoms with Crippen LogP contribution in [0.2, 0.25) is 0 Å². The fraction of sp³-hybridized carbons (Fsp3) is 0.571. The highest BCUT2D eigenvalue weighted by molar-refractivity contribution is 7.22. The normalized spacial score (nSPS) is 19.8. The van der Waals surface area contributed by atoms with Gasteiger partial charge in [0.25, 0.3) is 5.91 Å².